The van der Waals surface area contributed by atoms with Gasteiger partial charge in [-0.2, -0.15) is 0 Å². The second kappa shape index (κ2) is 5.82. The van der Waals surface area contributed by atoms with Gasteiger partial charge in [0.15, 0.2) is 0 Å². The predicted octanol–water partition coefficient (Wildman–Crippen LogP) is 2.70. The molecule has 0 unspecified atom stereocenters. The van der Waals surface area contributed by atoms with Crippen LogP contribution in [-0.2, 0) is 19.3 Å². The van der Waals surface area contributed by atoms with Gasteiger partial charge in [-0.1, -0.05) is 32.0 Å². The van der Waals surface area contributed by atoms with Crippen molar-refractivity contribution in [2.45, 2.75) is 39.5 Å². The fraction of sp³-hybridized carbons (Fsp3) is 0.538. The molecule has 0 aliphatic carbocycles. The van der Waals surface area contributed by atoms with Gasteiger partial charge < -0.3 is 5.73 Å². The van der Waals surface area contributed by atoms with Crippen molar-refractivity contribution in [2.75, 3.05) is 6.54 Å². The first kappa shape index (κ1) is 11.3. The Morgan fingerprint density at radius 2 is 1.79 bits per heavy atom. The van der Waals surface area contributed by atoms with E-state index in [-0.39, 0.29) is 0 Å². The van der Waals surface area contributed by atoms with Gasteiger partial charge in [0.1, 0.15) is 0 Å². The molecule has 0 spiro atoms. The summed E-state index contributed by atoms with van der Waals surface area (Å²) in [6, 6.07) is 6.85. The molecule has 2 N–H and O–H groups in total. The Morgan fingerprint density at radius 3 is 2.36 bits per heavy atom. The molecule has 1 rings (SSSR count). The second-order valence-electron chi connectivity index (χ2n) is 3.70. The quantitative estimate of drug-likeness (QED) is 0.761. The maximum Gasteiger partial charge on any atom is -0.00741 e. The van der Waals surface area contributed by atoms with Crippen molar-refractivity contribution in [3.05, 3.63) is 34.9 Å². The van der Waals surface area contributed by atoms with Crippen LogP contribution in [0, 0.1) is 0 Å². The molecule has 14 heavy (non-hydrogen) atoms. The number of nitrogens with two attached hydrogens (primary N) is 1. The Hall–Kier alpha value is -0.820. The Balaban J connectivity index is 2.79. The fourth-order valence-corrected chi connectivity index (χ4v) is 1.81. The van der Waals surface area contributed by atoms with Gasteiger partial charge in [0, 0.05) is 0 Å². The smallest absolute Gasteiger partial charge is 0.00741 e. The van der Waals surface area contributed by atoms with Gasteiger partial charge in [-0.15, -0.1) is 0 Å². The van der Waals surface area contributed by atoms with Crippen LogP contribution in [0.2, 0.25) is 0 Å². The minimum Gasteiger partial charge on any atom is -0.330 e. The van der Waals surface area contributed by atoms with Crippen molar-refractivity contribution in [3.8, 4) is 0 Å². The summed E-state index contributed by atoms with van der Waals surface area (Å²) < 4.78 is 0. The van der Waals surface area contributed by atoms with Gasteiger partial charge in [-0.05, 0) is 48.9 Å². The van der Waals surface area contributed by atoms with E-state index in [2.05, 4.69) is 32.0 Å². The third-order valence-electron chi connectivity index (χ3n) is 2.70. The Morgan fingerprint density at radius 1 is 1.07 bits per heavy atom. The molecule has 0 aliphatic heterocycles. The molecule has 0 atom stereocenters. The van der Waals surface area contributed by atoms with E-state index in [9.17, 15) is 0 Å². The summed E-state index contributed by atoms with van der Waals surface area (Å²) in [7, 11) is 0. The second-order valence-corrected chi connectivity index (χ2v) is 3.70. The summed E-state index contributed by atoms with van der Waals surface area (Å²) in [6.07, 6.45) is 4.49. The van der Waals surface area contributed by atoms with Gasteiger partial charge in [-0.3, -0.25) is 0 Å². The van der Waals surface area contributed by atoms with Crippen LogP contribution in [0.15, 0.2) is 18.2 Å². The summed E-state index contributed by atoms with van der Waals surface area (Å²) in [4.78, 5) is 0. The molecule has 1 aromatic rings. The Kier molecular flexibility index (Phi) is 4.68. The highest BCUT2D eigenvalue weighted by Gasteiger charge is 2.00. The van der Waals surface area contributed by atoms with E-state index in [0.717, 1.165) is 32.2 Å². The van der Waals surface area contributed by atoms with Crippen LogP contribution in [0.25, 0.3) is 0 Å². The molecule has 0 radical (unpaired) electrons. The van der Waals surface area contributed by atoms with E-state index >= 15 is 0 Å². The molecule has 0 heterocycles. The number of aryl methyl sites for hydroxylation is 3. The molecule has 1 nitrogen and oxygen atoms in total. The highest BCUT2D eigenvalue weighted by Crippen LogP contribution is 2.14. The number of hydrogen-bond acceptors (Lipinski definition) is 1. The summed E-state index contributed by atoms with van der Waals surface area (Å²) >= 11 is 0. The van der Waals surface area contributed by atoms with E-state index in [1.54, 1.807) is 0 Å². The maximum absolute atomic E-state index is 5.50. The van der Waals surface area contributed by atoms with Crippen molar-refractivity contribution in [1.29, 1.82) is 0 Å². The van der Waals surface area contributed by atoms with Crippen molar-refractivity contribution in [1.82, 2.24) is 0 Å². The van der Waals surface area contributed by atoms with Crippen molar-refractivity contribution >= 4 is 0 Å². The summed E-state index contributed by atoms with van der Waals surface area (Å²) in [5.74, 6) is 0. The summed E-state index contributed by atoms with van der Waals surface area (Å²) in [5, 5.41) is 0. The Bertz CT molecular complexity index is 279. The zero-order valence-electron chi connectivity index (χ0n) is 9.34. The lowest BCUT2D eigenvalue weighted by atomic mass is 9.98. The van der Waals surface area contributed by atoms with Crippen LogP contribution in [0.4, 0.5) is 0 Å². The minimum absolute atomic E-state index is 0.789. The monoisotopic (exact) mass is 191 g/mol. The van der Waals surface area contributed by atoms with Crippen LogP contribution in [-0.4, -0.2) is 6.54 Å². The van der Waals surface area contributed by atoms with Crippen molar-refractivity contribution in [3.63, 3.8) is 0 Å². The average molecular weight is 191 g/mol. The van der Waals surface area contributed by atoms with Gasteiger partial charge in [0.05, 0.1) is 0 Å². The predicted molar refractivity (Wildman–Crippen MR) is 62.6 cm³/mol. The van der Waals surface area contributed by atoms with Gasteiger partial charge in [-0.25, -0.2) is 0 Å². The van der Waals surface area contributed by atoms with E-state index in [1.807, 2.05) is 0 Å². The lowest BCUT2D eigenvalue weighted by Gasteiger charge is -2.08. The first-order chi connectivity index (χ1) is 6.81. The normalized spacial score (nSPS) is 10.5. The average Bonchev–Trinajstić information content (AvgIpc) is 2.25. The lowest BCUT2D eigenvalue weighted by Crippen LogP contribution is -2.01. The molecule has 0 saturated heterocycles. The first-order valence-electron chi connectivity index (χ1n) is 5.62. The topological polar surface area (TPSA) is 26.0 Å². The number of benzene rings is 1. The zero-order valence-corrected chi connectivity index (χ0v) is 9.34. The summed E-state index contributed by atoms with van der Waals surface area (Å²) in [6.45, 7) is 5.23. The van der Waals surface area contributed by atoms with E-state index in [4.69, 9.17) is 5.73 Å². The third kappa shape index (κ3) is 2.85. The lowest BCUT2D eigenvalue weighted by molar-refractivity contribution is 0.829. The molecular formula is C13H21N. The molecule has 0 aliphatic rings. The fourth-order valence-electron chi connectivity index (χ4n) is 1.81. The third-order valence-corrected chi connectivity index (χ3v) is 2.70. The van der Waals surface area contributed by atoms with Crippen molar-refractivity contribution in [2.24, 2.45) is 5.73 Å². The maximum atomic E-state index is 5.50. The highest BCUT2D eigenvalue weighted by atomic mass is 14.5. The molecular weight excluding hydrogens is 170 g/mol. The van der Waals surface area contributed by atoms with Gasteiger partial charge in [0.25, 0.3) is 0 Å². The largest absolute Gasteiger partial charge is 0.330 e. The van der Waals surface area contributed by atoms with E-state index in [1.165, 1.54) is 16.7 Å². The zero-order chi connectivity index (χ0) is 10.4. The molecule has 0 saturated carbocycles. The van der Waals surface area contributed by atoms with Crippen LogP contribution >= 0.6 is 0 Å². The molecule has 1 aromatic carbocycles. The number of rotatable bonds is 5. The Labute approximate surface area is 87.3 Å². The van der Waals surface area contributed by atoms with E-state index in [0.29, 0.717) is 0 Å². The van der Waals surface area contributed by atoms with Gasteiger partial charge in [0.2, 0.25) is 0 Å². The molecule has 0 amide bonds. The molecule has 1 heteroatoms. The van der Waals surface area contributed by atoms with E-state index < -0.39 is 0 Å². The van der Waals surface area contributed by atoms with Gasteiger partial charge >= 0.3 is 0 Å². The molecule has 0 aromatic heterocycles. The molecule has 0 fully saturated rings. The molecule has 0 bridgehead atoms. The highest BCUT2D eigenvalue weighted by molar-refractivity contribution is 5.32. The first-order valence-corrected chi connectivity index (χ1v) is 5.62. The standard InChI is InChI=1S/C13H21N/c1-3-12-8-7-11(6-5-9-14)10-13(12)4-2/h7-8,10H,3-6,9,14H2,1-2H3. The molecule has 78 valence electrons. The van der Waals surface area contributed by atoms with Crippen LogP contribution in [0.1, 0.15) is 37.0 Å². The van der Waals surface area contributed by atoms with Crippen LogP contribution < -0.4 is 5.73 Å². The summed E-state index contributed by atoms with van der Waals surface area (Å²) in [5.41, 5.74) is 9.93. The number of hydrogen-bond donors (Lipinski definition) is 1. The SMILES string of the molecule is CCc1ccc(CCCN)cc1CC. The minimum atomic E-state index is 0.789. The van der Waals surface area contributed by atoms with Crippen LogP contribution in [0.5, 0.6) is 0 Å². The van der Waals surface area contributed by atoms with Crippen molar-refractivity contribution < 1.29 is 0 Å². The van der Waals surface area contributed by atoms with Crippen LogP contribution in [0.3, 0.4) is 0 Å².